The number of hydrogen-bond donors (Lipinski definition) is 2. The van der Waals surface area contributed by atoms with E-state index in [1.54, 1.807) is 24.3 Å². The van der Waals surface area contributed by atoms with Gasteiger partial charge in [0.05, 0.1) is 11.1 Å². The van der Waals surface area contributed by atoms with Gasteiger partial charge in [0.1, 0.15) is 12.6 Å². The molecule has 0 amide bonds. The quantitative estimate of drug-likeness (QED) is 0.285. The van der Waals surface area contributed by atoms with Gasteiger partial charge in [-0.1, -0.05) is 95.1 Å². The summed E-state index contributed by atoms with van der Waals surface area (Å²) in [4.78, 5) is 40.9. The Bertz CT molecular complexity index is 1270. The molecule has 2 N–H and O–H groups in total. The van der Waals surface area contributed by atoms with Crippen molar-refractivity contribution in [1.29, 1.82) is 0 Å². The van der Waals surface area contributed by atoms with Crippen molar-refractivity contribution in [3.63, 3.8) is 0 Å². The first kappa shape index (κ1) is 31.2. The van der Waals surface area contributed by atoms with Crippen molar-refractivity contribution in [1.82, 2.24) is 0 Å². The SMILES string of the molecule is Cc1ccc(C(=O)O)cc1.Cc1ccc(C)cc1.Cc1ccc(C=O)cc1.O=Cc1ccc(C(=O)O)cc1. The van der Waals surface area contributed by atoms with Crippen LogP contribution in [0.1, 0.15) is 63.7 Å². The van der Waals surface area contributed by atoms with E-state index in [0.717, 1.165) is 17.4 Å². The number of carbonyl (C=O) groups excluding carboxylic acids is 2. The highest BCUT2D eigenvalue weighted by molar-refractivity contribution is 5.88. The van der Waals surface area contributed by atoms with Crippen LogP contribution in [-0.4, -0.2) is 34.7 Å². The Kier molecular flexibility index (Phi) is 13.8. The fraction of sp³-hybridized carbons (Fsp3) is 0.125. The van der Waals surface area contributed by atoms with Crippen LogP contribution in [0.25, 0.3) is 0 Å². The molecule has 6 nitrogen and oxygen atoms in total. The van der Waals surface area contributed by atoms with Gasteiger partial charge in [0.25, 0.3) is 0 Å². The largest absolute Gasteiger partial charge is 0.478 e. The van der Waals surface area contributed by atoms with Crippen molar-refractivity contribution in [2.24, 2.45) is 0 Å². The Morgan fingerprint density at radius 1 is 0.447 bits per heavy atom. The van der Waals surface area contributed by atoms with E-state index in [1.807, 2.05) is 38.1 Å². The number of carboxylic acid groups (broad SMARTS) is 2. The van der Waals surface area contributed by atoms with Gasteiger partial charge >= 0.3 is 11.9 Å². The number of aldehydes is 2. The van der Waals surface area contributed by atoms with Crippen molar-refractivity contribution >= 4 is 24.5 Å². The van der Waals surface area contributed by atoms with Crippen molar-refractivity contribution in [3.8, 4) is 0 Å². The summed E-state index contributed by atoms with van der Waals surface area (Å²) in [6, 6.07) is 28.4. The molecule has 0 heterocycles. The predicted octanol–water partition coefficient (Wildman–Crippen LogP) is 7.00. The third-order valence-electron chi connectivity index (χ3n) is 5.02. The Balaban J connectivity index is 0.000000255. The van der Waals surface area contributed by atoms with Crippen LogP contribution in [0.4, 0.5) is 0 Å². The number of carboxylic acids is 2. The molecule has 0 saturated carbocycles. The zero-order chi connectivity index (χ0) is 28.5. The Morgan fingerprint density at radius 3 is 0.921 bits per heavy atom. The number of carbonyl (C=O) groups is 4. The summed E-state index contributed by atoms with van der Waals surface area (Å²) in [6.45, 7) is 8.11. The van der Waals surface area contributed by atoms with Gasteiger partial charge in [-0.2, -0.15) is 0 Å². The topological polar surface area (TPSA) is 109 Å². The molecular weight excluding hydrogens is 480 g/mol. The molecule has 0 unspecified atom stereocenters. The van der Waals surface area contributed by atoms with E-state index >= 15 is 0 Å². The van der Waals surface area contributed by atoms with Crippen LogP contribution in [0.2, 0.25) is 0 Å². The van der Waals surface area contributed by atoms with E-state index in [4.69, 9.17) is 10.2 Å². The second kappa shape index (κ2) is 16.8. The minimum Gasteiger partial charge on any atom is -0.478 e. The van der Waals surface area contributed by atoms with Gasteiger partial charge in [-0.05, 0) is 52.0 Å². The number of hydrogen-bond acceptors (Lipinski definition) is 4. The van der Waals surface area contributed by atoms with E-state index in [9.17, 15) is 19.2 Å². The minimum absolute atomic E-state index is 0.190. The maximum Gasteiger partial charge on any atom is 0.335 e. The van der Waals surface area contributed by atoms with Gasteiger partial charge in [-0.15, -0.1) is 0 Å². The fourth-order valence-corrected chi connectivity index (χ4v) is 2.68. The van der Waals surface area contributed by atoms with Gasteiger partial charge in [0.15, 0.2) is 0 Å². The zero-order valence-corrected chi connectivity index (χ0v) is 21.9. The molecule has 0 bridgehead atoms. The van der Waals surface area contributed by atoms with Crippen LogP contribution in [0.15, 0.2) is 97.1 Å². The van der Waals surface area contributed by atoms with Crippen molar-refractivity contribution < 1.29 is 29.4 Å². The summed E-state index contributed by atoms with van der Waals surface area (Å²) in [5.41, 5.74) is 6.66. The monoisotopic (exact) mass is 512 g/mol. The molecule has 0 saturated heterocycles. The molecule has 4 aromatic rings. The van der Waals surface area contributed by atoms with Crippen LogP contribution in [0.3, 0.4) is 0 Å². The molecule has 38 heavy (non-hydrogen) atoms. The average Bonchev–Trinajstić information content (AvgIpc) is 2.92. The summed E-state index contributed by atoms with van der Waals surface area (Å²) in [5, 5.41) is 16.9. The van der Waals surface area contributed by atoms with E-state index in [0.29, 0.717) is 17.4 Å². The Morgan fingerprint density at radius 2 is 0.658 bits per heavy atom. The van der Waals surface area contributed by atoms with Gasteiger partial charge in [0.2, 0.25) is 0 Å². The molecule has 196 valence electrons. The lowest BCUT2D eigenvalue weighted by Gasteiger charge is -1.92. The van der Waals surface area contributed by atoms with Crippen LogP contribution < -0.4 is 0 Å². The van der Waals surface area contributed by atoms with Gasteiger partial charge in [0, 0.05) is 11.1 Å². The molecule has 0 spiro atoms. The highest BCUT2D eigenvalue weighted by Gasteiger charge is 2.00. The average molecular weight is 513 g/mol. The normalized spacial score (nSPS) is 9.16. The van der Waals surface area contributed by atoms with Crippen molar-refractivity contribution in [3.05, 3.63) is 142 Å². The summed E-state index contributed by atoms with van der Waals surface area (Å²) < 4.78 is 0. The molecule has 0 aliphatic rings. The minimum atomic E-state index is -0.984. The second-order valence-corrected chi connectivity index (χ2v) is 8.40. The highest BCUT2D eigenvalue weighted by Crippen LogP contribution is 2.03. The number of aryl methyl sites for hydroxylation is 4. The van der Waals surface area contributed by atoms with Gasteiger partial charge in [-0.3, -0.25) is 9.59 Å². The maximum atomic E-state index is 10.3. The molecule has 4 aromatic carbocycles. The summed E-state index contributed by atoms with van der Waals surface area (Å²) in [6.07, 6.45) is 1.52. The number of aromatic carboxylic acids is 2. The summed E-state index contributed by atoms with van der Waals surface area (Å²) in [5.74, 6) is -1.86. The van der Waals surface area contributed by atoms with Crippen LogP contribution in [-0.2, 0) is 0 Å². The van der Waals surface area contributed by atoms with Crippen LogP contribution >= 0.6 is 0 Å². The first-order valence-corrected chi connectivity index (χ1v) is 11.7. The third-order valence-corrected chi connectivity index (χ3v) is 5.02. The molecule has 0 fully saturated rings. The molecule has 0 radical (unpaired) electrons. The molecular formula is C32H32O6. The highest BCUT2D eigenvalue weighted by atomic mass is 16.4. The first-order chi connectivity index (χ1) is 18.0. The van der Waals surface area contributed by atoms with E-state index < -0.39 is 11.9 Å². The van der Waals surface area contributed by atoms with Gasteiger partial charge in [-0.25, -0.2) is 9.59 Å². The van der Waals surface area contributed by atoms with E-state index in [-0.39, 0.29) is 5.56 Å². The van der Waals surface area contributed by atoms with Crippen molar-refractivity contribution in [2.45, 2.75) is 27.7 Å². The molecule has 0 atom stereocenters. The van der Waals surface area contributed by atoms with Crippen molar-refractivity contribution in [2.75, 3.05) is 0 Å². The van der Waals surface area contributed by atoms with E-state index in [2.05, 4.69) is 38.1 Å². The fourth-order valence-electron chi connectivity index (χ4n) is 2.68. The predicted molar refractivity (Wildman–Crippen MR) is 149 cm³/mol. The lowest BCUT2D eigenvalue weighted by atomic mass is 10.1. The summed E-state index contributed by atoms with van der Waals surface area (Å²) in [7, 11) is 0. The molecule has 0 aliphatic heterocycles. The van der Waals surface area contributed by atoms with Gasteiger partial charge < -0.3 is 10.2 Å². The zero-order valence-electron chi connectivity index (χ0n) is 21.9. The number of benzene rings is 4. The molecule has 0 aliphatic carbocycles. The van der Waals surface area contributed by atoms with E-state index in [1.165, 1.54) is 41.0 Å². The number of rotatable bonds is 4. The Hall–Kier alpha value is -4.84. The smallest absolute Gasteiger partial charge is 0.335 e. The van der Waals surface area contributed by atoms with Crippen LogP contribution in [0, 0.1) is 27.7 Å². The lowest BCUT2D eigenvalue weighted by Crippen LogP contribution is -1.95. The molecule has 0 aromatic heterocycles. The maximum absolute atomic E-state index is 10.3. The standard InChI is InChI=1S/C8H6O3.C8H8O2.C8H8O.C8H10/c9-5-6-1-3-7(4-2-6)8(10)11;1-6-2-4-7(5-3-6)8(9)10;1-7-2-4-8(6-9)5-3-7;1-7-3-5-8(2)6-4-7/h1-5H,(H,10,11);2-5H,1H3,(H,9,10);2-6H,1H3;3-6H,1-2H3. The molecule has 4 rings (SSSR count). The summed E-state index contributed by atoms with van der Waals surface area (Å²) >= 11 is 0. The molecule has 6 heteroatoms. The lowest BCUT2D eigenvalue weighted by molar-refractivity contribution is 0.0686. The third kappa shape index (κ3) is 12.7. The Labute approximate surface area is 223 Å². The second-order valence-electron chi connectivity index (χ2n) is 8.40. The van der Waals surface area contributed by atoms with Crippen LogP contribution in [0.5, 0.6) is 0 Å². The first-order valence-electron chi connectivity index (χ1n) is 11.7.